The van der Waals surface area contributed by atoms with E-state index < -0.39 is 0 Å². The van der Waals surface area contributed by atoms with Gasteiger partial charge in [-0.1, -0.05) is 53.8 Å². The normalized spacial score (nSPS) is 10.9. The second-order valence-electron chi connectivity index (χ2n) is 5.82. The molecule has 2 heterocycles. The van der Waals surface area contributed by atoms with Crippen molar-refractivity contribution in [2.24, 2.45) is 0 Å². The van der Waals surface area contributed by atoms with Crippen LogP contribution in [0.5, 0.6) is 0 Å². The van der Waals surface area contributed by atoms with E-state index in [1.54, 1.807) is 16.2 Å². The van der Waals surface area contributed by atoms with Gasteiger partial charge in [0.05, 0.1) is 21.6 Å². The number of hydrogen-bond donors (Lipinski definition) is 0. The molecular formula is C20H16N2OS2. The van der Waals surface area contributed by atoms with E-state index in [0.717, 1.165) is 25.8 Å². The molecule has 0 radical (unpaired) electrons. The molecule has 0 aliphatic carbocycles. The van der Waals surface area contributed by atoms with Crippen LogP contribution >= 0.6 is 22.7 Å². The minimum absolute atomic E-state index is 0.00497. The zero-order chi connectivity index (χ0) is 17.2. The summed E-state index contributed by atoms with van der Waals surface area (Å²) in [5, 5.41) is 2.66. The first-order valence-electron chi connectivity index (χ1n) is 7.97. The number of hydrogen-bond acceptors (Lipinski definition) is 4. The van der Waals surface area contributed by atoms with Gasteiger partial charge in [0.2, 0.25) is 0 Å². The zero-order valence-corrected chi connectivity index (χ0v) is 15.3. The van der Waals surface area contributed by atoms with E-state index >= 15 is 0 Å². The molecule has 2 aromatic carbocycles. The van der Waals surface area contributed by atoms with Crippen LogP contribution in [0.1, 0.15) is 20.8 Å². The Morgan fingerprint density at radius 2 is 1.92 bits per heavy atom. The standard InChI is InChI=1S/C20H16N2OS2/c1-14-9-10-16-18(12-14)25-20(21-16)22(13-15-6-3-2-4-7-15)19(23)17-8-5-11-24-17/h2-12H,13H2,1H3. The highest BCUT2D eigenvalue weighted by Crippen LogP contribution is 2.31. The lowest BCUT2D eigenvalue weighted by atomic mass is 10.2. The van der Waals surface area contributed by atoms with Crippen LogP contribution < -0.4 is 4.90 Å². The second-order valence-corrected chi connectivity index (χ2v) is 7.78. The third kappa shape index (κ3) is 3.34. The first kappa shape index (κ1) is 16.0. The van der Waals surface area contributed by atoms with Gasteiger partial charge in [0, 0.05) is 0 Å². The summed E-state index contributed by atoms with van der Waals surface area (Å²) >= 11 is 3.02. The fourth-order valence-corrected chi connectivity index (χ4v) is 4.39. The van der Waals surface area contributed by atoms with Crippen molar-refractivity contribution in [2.45, 2.75) is 13.5 Å². The lowest BCUT2D eigenvalue weighted by Crippen LogP contribution is -2.29. The molecule has 4 rings (SSSR count). The molecular weight excluding hydrogens is 348 g/mol. The van der Waals surface area contributed by atoms with E-state index in [9.17, 15) is 4.79 Å². The smallest absolute Gasteiger partial charge is 0.270 e. The molecule has 5 heteroatoms. The number of aryl methyl sites for hydroxylation is 1. The minimum Gasteiger partial charge on any atom is -0.279 e. The largest absolute Gasteiger partial charge is 0.279 e. The van der Waals surface area contributed by atoms with Gasteiger partial charge < -0.3 is 0 Å². The maximum Gasteiger partial charge on any atom is 0.270 e. The summed E-state index contributed by atoms with van der Waals surface area (Å²) in [5.74, 6) is -0.00497. The number of rotatable bonds is 4. The number of fused-ring (bicyclic) bond motifs is 1. The van der Waals surface area contributed by atoms with Crippen molar-refractivity contribution in [3.63, 3.8) is 0 Å². The fraction of sp³-hybridized carbons (Fsp3) is 0.100. The van der Waals surface area contributed by atoms with Gasteiger partial charge in [-0.05, 0) is 41.6 Å². The van der Waals surface area contributed by atoms with E-state index in [1.807, 2.05) is 53.9 Å². The summed E-state index contributed by atoms with van der Waals surface area (Å²) in [6.45, 7) is 2.58. The first-order valence-corrected chi connectivity index (χ1v) is 9.67. The summed E-state index contributed by atoms with van der Waals surface area (Å²) in [6.07, 6.45) is 0. The number of amides is 1. The van der Waals surface area contributed by atoms with E-state index in [2.05, 4.69) is 19.1 Å². The van der Waals surface area contributed by atoms with Crippen LogP contribution in [-0.2, 0) is 6.54 Å². The Bertz CT molecular complexity index is 1010. The Labute approximate surface area is 154 Å². The topological polar surface area (TPSA) is 33.2 Å². The first-order chi connectivity index (χ1) is 12.2. The number of carbonyl (C=O) groups is 1. The zero-order valence-electron chi connectivity index (χ0n) is 13.7. The number of carbonyl (C=O) groups excluding carboxylic acids is 1. The van der Waals surface area contributed by atoms with Crippen LogP contribution in [0.25, 0.3) is 10.2 Å². The molecule has 2 aromatic heterocycles. The molecule has 0 aliphatic heterocycles. The van der Waals surface area contributed by atoms with Crippen molar-refractivity contribution in [3.8, 4) is 0 Å². The van der Waals surface area contributed by atoms with Gasteiger partial charge in [0.1, 0.15) is 0 Å². The summed E-state index contributed by atoms with van der Waals surface area (Å²) in [4.78, 5) is 20.3. The number of nitrogens with zero attached hydrogens (tertiary/aromatic N) is 2. The molecule has 0 N–H and O–H groups in total. The molecule has 0 aliphatic rings. The lowest BCUT2D eigenvalue weighted by Gasteiger charge is -2.19. The van der Waals surface area contributed by atoms with Crippen molar-refractivity contribution in [3.05, 3.63) is 82.0 Å². The Balaban J connectivity index is 1.76. The quantitative estimate of drug-likeness (QED) is 0.478. The predicted molar refractivity (Wildman–Crippen MR) is 106 cm³/mol. The lowest BCUT2D eigenvalue weighted by molar-refractivity contribution is 0.0989. The van der Waals surface area contributed by atoms with Gasteiger partial charge in [0.15, 0.2) is 5.13 Å². The predicted octanol–water partition coefficient (Wildman–Crippen LogP) is 5.51. The summed E-state index contributed by atoms with van der Waals surface area (Å²) in [5.41, 5.74) is 3.22. The van der Waals surface area contributed by atoms with Crippen molar-refractivity contribution < 1.29 is 4.79 Å². The average molecular weight is 364 g/mol. The third-order valence-electron chi connectivity index (χ3n) is 3.92. The second kappa shape index (κ2) is 6.78. The molecule has 0 saturated heterocycles. The van der Waals surface area contributed by atoms with Gasteiger partial charge >= 0.3 is 0 Å². The Morgan fingerprint density at radius 3 is 2.68 bits per heavy atom. The average Bonchev–Trinajstić information content (AvgIpc) is 3.29. The molecule has 124 valence electrons. The third-order valence-corrected chi connectivity index (χ3v) is 5.82. The molecule has 1 amide bonds. The van der Waals surface area contributed by atoms with Gasteiger partial charge in [-0.25, -0.2) is 4.98 Å². The van der Waals surface area contributed by atoms with Crippen LogP contribution in [0.2, 0.25) is 0 Å². The highest BCUT2D eigenvalue weighted by molar-refractivity contribution is 7.22. The monoisotopic (exact) mass is 364 g/mol. The summed E-state index contributed by atoms with van der Waals surface area (Å²) in [6, 6.07) is 20.0. The van der Waals surface area contributed by atoms with Gasteiger partial charge in [0.25, 0.3) is 5.91 Å². The van der Waals surface area contributed by atoms with E-state index in [4.69, 9.17) is 4.98 Å². The maximum atomic E-state index is 13.1. The highest BCUT2D eigenvalue weighted by atomic mass is 32.1. The van der Waals surface area contributed by atoms with Crippen molar-refractivity contribution >= 4 is 43.9 Å². The Morgan fingerprint density at radius 1 is 1.08 bits per heavy atom. The molecule has 0 fully saturated rings. The minimum atomic E-state index is -0.00497. The molecule has 0 unspecified atom stereocenters. The van der Waals surface area contributed by atoms with Gasteiger partial charge in [-0.2, -0.15) is 0 Å². The van der Waals surface area contributed by atoms with Crippen LogP contribution in [0.3, 0.4) is 0 Å². The van der Waals surface area contributed by atoms with E-state index in [1.165, 1.54) is 16.9 Å². The number of anilines is 1. The Hall–Kier alpha value is -2.50. The SMILES string of the molecule is Cc1ccc2nc(N(Cc3ccccc3)C(=O)c3cccs3)sc2c1. The fourth-order valence-electron chi connectivity index (χ4n) is 2.66. The number of thiophene rings is 1. The summed E-state index contributed by atoms with van der Waals surface area (Å²) in [7, 11) is 0. The number of benzene rings is 2. The Kier molecular flexibility index (Phi) is 4.34. The van der Waals surface area contributed by atoms with Crippen LogP contribution in [0, 0.1) is 6.92 Å². The molecule has 0 spiro atoms. The maximum absolute atomic E-state index is 13.1. The van der Waals surface area contributed by atoms with E-state index in [-0.39, 0.29) is 5.91 Å². The van der Waals surface area contributed by atoms with Gasteiger partial charge in [-0.15, -0.1) is 11.3 Å². The van der Waals surface area contributed by atoms with Crippen LogP contribution in [0.4, 0.5) is 5.13 Å². The number of thiazole rings is 1. The van der Waals surface area contributed by atoms with Crippen LogP contribution in [0.15, 0.2) is 66.0 Å². The van der Waals surface area contributed by atoms with Crippen LogP contribution in [-0.4, -0.2) is 10.9 Å². The molecule has 25 heavy (non-hydrogen) atoms. The highest BCUT2D eigenvalue weighted by Gasteiger charge is 2.22. The molecule has 4 aromatic rings. The molecule has 3 nitrogen and oxygen atoms in total. The van der Waals surface area contributed by atoms with Crippen molar-refractivity contribution in [1.82, 2.24) is 4.98 Å². The molecule has 0 saturated carbocycles. The van der Waals surface area contributed by atoms with Crippen molar-refractivity contribution in [1.29, 1.82) is 0 Å². The van der Waals surface area contributed by atoms with Crippen molar-refractivity contribution in [2.75, 3.05) is 4.90 Å². The van der Waals surface area contributed by atoms with E-state index in [0.29, 0.717) is 6.54 Å². The number of aromatic nitrogens is 1. The molecule has 0 bridgehead atoms. The van der Waals surface area contributed by atoms with Gasteiger partial charge in [-0.3, -0.25) is 9.69 Å². The molecule has 0 atom stereocenters. The summed E-state index contributed by atoms with van der Waals surface area (Å²) < 4.78 is 1.10.